The van der Waals surface area contributed by atoms with Crippen LogP contribution in [0.3, 0.4) is 0 Å². The van der Waals surface area contributed by atoms with Crippen molar-refractivity contribution in [1.29, 1.82) is 0 Å². The van der Waals surface area contributed by atoms with Gasteiger partial charge in [0.25, 0.3) is 5.91 Å². The first-order chi connectivity index (χ1) is 14.7. The Morgan fingerprint density at radius 1 is 1.10 bits per heavy atom. The lowest BCUT2D eigenvalue weighted by atomic mass is 9.81. The van der Waals surface area contributed by atoms with Gasteiger partial charge >= 0.3 is 0 Å². The van der Waals surface area contributed by atoms with Crippen molar-refractivity contribution >= 4 is 5.91 Å². The number of fused-ring (bicyclic) bond motifs is 2. The minimum atomic E-state index is 0.0694. The predicted octanol–water partition coefficient (Wildman–Crippen LogP) is 1.33. The molecule has 4 saturated heterocycles. The minimum absolute atomic E-state index is 0.0694. The van der Waals surface area contributed by atoms with Crippen molar-refractivity contribution in [2.75, 3.05) is 72.8 Å². The largest absolute Gasteiger partial charge is 0.497 e. The fourth-order valence-electron chi connectivity index (χ4n) is 5.76. The van der Waals surface area contributed by atoms with E-state index in [2.05, 4.69) is 14.7 Å². The Hall–Kier alpha value is -1.67. The molecule has 0 bridgehead atoms. The zero-order chi connectivity index (χ0) is 20.6. The Morgan fingerprint density at radius 2 is 1.87 bits per heavy atom. The quantitative estimate of drug-likeness (QED) is 0.740. The molecule has 0 aliphatic carbocycles. The maximum atomic E-state index is 13.3. The van der Waals surface area contributed by atoms with Crippen molar-refractivity contribution < 1.29 is 19.0 Å². The molecule has 1 aromatic rings. The van der Waals surface area contributed by atoms with Crippen LogP contribution in [0, 0.1) is 5.92 Å². The molecule has 4 heterocycles. The molecule has 1 amide bonds. The van der Waals surface area contributed by atoms with Gasteiger partial charge in [0.2, 0.25) is 0 Å². The molecule has 30 heavy (non-hydrogen) atoms. The SMILES string of the molecule is COc1ccc(C(=O)N2CC3COCCN3C3(CN(CC4CCOCC4)C3)C2)cc1. The zero-order valence-electron chi connectivity index (χ0n) is 17.9. The molecule has 0 N–H and O–H groups in total. The van der Waals surface area contributed by atoms with Crippen LogP contribution in [0.2, 0.25) is 0 Å². The fraction of sp³-hybridized carbons (Fsp3) is 0.696. The standard InChI is InChI=1S/C23H33N3O4/c1-28-21-4-2-19(3-5-21)22(27)25-13-20-14-30-11-8-26(20)23(17-25)15-24(16-23)12-18-6-9-29-10-7-18/h2-5,18,20H,6-17H2,1H3. The van der Waals surface area contributed by atoms with Gasteiger partial charge < -0.3 is 19.1 Å². The van der Waals surface area contributed by atoms with Gasteiger partial charge in [-0.1, -0.05) is 0 Å². The number of rotatable bonds is 4. The third-order valence-electron chi connectivity index (χ3n) is 7.27. The normalized spacial score (nSPS) is 27.5. The van der Waals surface area contributed by atoms with E-state index in [1.165, 1.54) is 12.8 Å². The second-order valence-corrected chi connectivity index (χ2v) is 9.29. The van der Waals surface area contributed by atoms with E-state index in [-0.39, 0.29) is 11.4 Å². The van der Waals surface area contributed by atoms with E-state index in [1.54, 1.807) is 7.11 Å². The van der Waals surface area contributed by atoms with E-state index < -0.39 is 0 Å². The van der Waals surface area contributed by atoms with Crippen molar-refractivity contribution in [3.8, 4) is 5.75 Å². The first-order valence-electron chi connectivity index (χ1n) is 11.2. The summed E-state index contributed by atoms with van der Waals surface area (Å²) >= 11 is 0. The monoisotopic (exact) mass is 415 g/mol. The van der Waals surface area contributed by atoms with Crippen LogP contribution in [0.1, 0.15) is 23.2 Å². The molecule has 4 aliphatic rings. The van der Waals surface area contributed by atoms with Crippen molar-refractivity contribution in [2.24, 2.45) is 5.92 Å². The number of carbonyl (C=O) groups is 1. The maximum absolute atomic E-state index is 13.3. The lowest BCUT2D eigenvalue weighted by Gasteiger charge is -2.63. The molecule has 5 rings (SSSR count). The van der Waals surface area contributed by atoms with Gasteiger partial charge in [-0.15, -0.1) is 0 Å². The van der Waals surface area contributed by atoms with Crippen LogP contribution in [-0.4, -0.2) is 105 Å². The molecule has 164 valence electrons. The summed E-state index contributed by atoms with van der Waals surface area (Å²) in [5, 5.41) is 0. The Balaban J connectivity index is 1.28. The molecule has 1 atom stereocenters. The van der Waals surface area contributed by atoms with E-state index in [0.717, 1.165) is 76.3 Å². The van der Waals surface area contributed by atoms with Gasteiger partial charge in [0.1, 0.15) is 5.75 Å². The number of benzene rings is 1. The molecule has 1 aromatic carbocycles. The highest BCUT2D eigenvalue weighted by atomic mass is 16.5. The maximum Gasteiger partial charge on any atom is 0.253 e. The summed E-state index contributed by atoms with van der Waals surface area (Å²) < 4.78 is 16.5. The molecule has 7 heteroatoms. The first kappa shape index (κ1) is 20.2. The molecule has 0 aromatic heterocycles. The highest BCUT2D eigenvalue weighted by Crippen LogP contribution is 2.37. The highest BCUT2D eigenvalue weighted by molar-refractivity contribution is 5.94. The average molecular weight is 416 g/mol. The first-order valence-corrected chi connectivity index (χ1v) is 11.2. The number of piperazine rings is 1. The van der Waals surface area contributed by atoms with E-state index in [0.29, 0.717) is 12.6 Å². The van der Waals surface area contributed by atoms with Gasteiger partial charge in [-0.3, -0.25) is 14.6 Å². The smallest absolute Gasteiger partial charge is 0.253 e. The molecule has 1 spiro atoms. The number of amides is 1. The lowest BCUT2D eigenvalue weighted by Crippen LogP contribution is -2.81. The van der Waals surface area contributed by atoms with E-state index >= 15 is 0 Å². The second-order valence-electron chi connectivity index (χ2n) is 9.29. The molecule has 4 aliphatic heterocycles. The van der Waals surface area contributed by atoms with Crippen molar-refractivity contribution in [1.82, 2.24) is 14.7 Å². The summed E-state index contributed by atoms with van der Waals surface area (Å²) in [7, 11) is 1.64. The number of hydrogen-bond acceptors (Lipinski definition) is 6. The number of methoxy groups -OCH3 is 1. The van der Waals surface area contributed by atoms with Gasteiger partial charge in [0.15, 0.2) is 0 Å². The van der Waals surface area contributed by atoms with Crippen molar-refractivity contribution in [3.05, 3.63) is 29.8 Å². The molecular weight excluding hydrogens is 382 g/mol. The van der Waals surface area contributed by atoms with Crippen LogP contribution in [0.4, 0.5) is 0 Å². The van der Waals surface area contributed by atoms with E-state index in [9.17, 15) is 4.79 Å². The van der Waals surface area contributed by atoms with Crippen LogP contribution in [0.15, 0.2) is 24.3 Å². The van der Waals surface area contributed by atoms with Gasteiger partial charge in [0, 0.05) is 58.0 Å². The Kier molecular flexibility index (Phi) is 5.71. The summed E-state index contributed by atoms with van der Waals surface area (Å²) in [6, 6.07) is 7.76. The molecular formula is C23H33N3O4. The zero-order valence-corrected chi connectivity index (χ0v) is 17.9. The fourth-order valence-corrected chi connectivity index (χ4v) is 5.76. The number of hydrogen-bond donors (Lipinski definition) is 0. The predicted molar refractivity (Wildman–Crippen MR) is 113 cm³/mol. The number of nitrogens with zero attached hydrogens (tertiary/aromatic N) is 3. The molecule has 7 nitrogen and oxygen atoms in total. The van der Waals surface area contributed by atoms with Crippen molar-refractivity contribution in [3.63, 3.8) is 0 Å². The summed E-state index contributed by atoms with van der Waals surface area (Å²) in [6.07, 6.45) is 2.34. The second kappa shape index (κ2) is 8.46. The van der Waals surface area contributed by atoms with Crippen LogP contribution < -0.4 is 4.74 Å². The average Bonchev–Trinajstić information content (AvgIpc) is 2.78. The van der Waals surface area contributed by atoms with Gasteiger partial charge in [-0.25, -0.2) is 0 Å². The summed E-state index contributed by atoms with van der Waals surface area (Å²) in [5.41, 5.74) is 0.800. The topological polar surface area (TPSA) is 54.5 Å². The lowest BCUT2D eigenvalue weighted by molar-refractivity contribution is -0.161. The van der Waals surface area contributed by atoms with Crippen molar-refractivity contribution in [2.45, 2.75) is 24.4 Å². The van der Waals surface area contributed by atoms with Gasteiger partial charge in [-0.2, -0.15) is 0 Å². The minimum Gasteiger partial charge on any atom is -0.497 e. The van der Waals surface area contributed by atoms with Crippen LogP contribution in [0.25, 0.3) is 0 Å². The number of likely N-dealkylation sites (tertiary alicyclic amines) is 1. The molecule has 4 fully saturated rings. The Bertz CT molecular complexity index is 743. The van der Waals surface area contributed by atoms with Gasteiger partial charge in [0.05, 0.1) is 31.9 Å². The number of ether oxygens (including phenoxy) is 3. The summed E-state index contributed by atoms with van der Waals surface area (Å²) in [5.74, 6) is 1.64. The third-order valence-corrected chi connectivity index (χ3v) is 7.27. The Labute approximate surface area is 178 Å². The summed E-state index contributed by atoms with van der Waals surface area (Å²) in [4.78, 5) is 20.6. The van der Waals surface area contributed by atoms with Gasteiger partial charge in [-0.05, 0) is 43.0 Å². The van der Waals surface area contributed by atoms with Crippen LogP contribution >= 0.6 is 0 Å². The molecule has 0 saturated carbocycles. The molecule has 1 unspecified atom stereocenters. The van der Waals surface area contributed by atoms with E-state index in [4.69, 9.17) is 14.2 Å². The molecule has 0 radical (unpaired) electrons. The summed E-state index contributed by atoms with van der Waals surface area (Å²) in [6.45, 7) is 9.09. The highest BCUT2D eigenvalue weighted by Gasteiger charge is 2.55. The van der Waals surface area contributed by atoms with Crippen LogP contribution in [-0.2, 0) is 9.47 Å². The van der Waals surface area contributed by atoms with E-state index in [1.807, 2.05) is 24.3 Å². The Morgan fingerprint density at radius 3 is 2.60 bits per heavy atom. The number of carbonyl (C=O) groups excluding carboxylic acids is 1. The third kappa shape index (κ3) is 3.84. The van der Waals surface area contributed by atoms with Crippen LogP contribution in [0.5, 0.6) is 5.75 Å². The number of morpholine rings is 1.